The molecule has 4 amide bonds. The van der Waals surface area contributed by atoms with Crippen LogP contribution in [0.15, 0.2) is 121 Å². The van der Waals surface area contributed by atoms with Gasteiger partial charge in [0.05, 0.1) is 18.6 Å². The molecule has 8 rings (SSSR count). The van der Waals surface area contributed by atoms with Crippen molar-refractivity contribution in [3.8, 4) is 0 Å². The third-order valence-electron chi connectivity index (χ3n) is 11.5. The molecular weight excluding hydrogens is 837 g/mol. The fraction of sp³-hybridized carbons (Fsp3) is 0.388. The number of ether oxygens (including phenoxy) is 2. The highest BCUT2D eigenvalue weighted by atomic mass is 32.2. The molecule has 14 heteroatoms. The predicted molar refractivity (Wildman–Crippen MR) is 244 cm³/mol. The monoisotopic (exact) mass is 890 g/mol. The van der Waals surface area contributed by atoms with E-state index in [4.69, 9.17) is 9.47 Å². The third kappa shape index (κ3) is 12.7. The number of aryl methyl sites for hydroxylation is 1. The molecule has 12 nitrogen and oxygen atoms in total. The van der Waals surface area contributed by atoms with Gasteiger partial charge in [0.25, 0.3) is 0 Å². The van der Waals surface area contributed by atoms with E-state index < -0.39 is 24.2 Å². The molecule has 6 unspecified atom stereocenters. The van der Waals surface area contributed by atoms with Crippen LogP contribution in [-0.2, 0) is 62.6 Å². The number of hydrogen-bond acceptors (Lipinski definition) is 10. The van der Waals surface area contributed by atoms with E-state index in [9.17, 15) is 28.8 Å². The smallest absolute Gasteiger partial charge is 0.246 e. The number of Topliss-reactive ketones (excluding diaryl/α,β-unsaturated/α-hetero) is 2. The molecule has 6 atom stereocenters. The number of fused-ring (bicyclic) bond motifs is 2. The Balaban J connectivity index is 0.000000189. The van der Waals surface area contributed by atoms with Gasteiger partial charge in [-0.05, 0) is 41.5 Å². The van der Waals surface area contributed by atoms with Gasteiger partial charge in [-0.3, -0.25) is 28.8 Å². The van der Waals surface area contributed by atoms with Gasteiger partial charge in [0.15, 0.2) is 11.6 Å². The maximum Gasteiger partial charge on any atom is 0.246 e. The summed E-state index contributed by atoms with van der Waals surface area (Å²) in [5, 5.41) is 5.86. The van der Waals surface area contributed by atoms with Gasteiger partial charge in [0, 0.05) is 42.5 Å². The summed E-state index contributed by atoms with van der Waals surface area (Å²) in [4.78, 5) is 79.8. The first-order valence-electron chi connectivity index (χ1n) is 21.5. The van der Waals surface area contributed by atoms with Gasteiger partial charge in [-0.25, -0.2) is 0 Å². The van der Waals surface area contributed by atoms with E-state index >= 15 is 0 Å². The second kappa shape index (κ2) is 22.9. The van der Waals surface area contributed by atoms with E-state index in [1.165, 1.54) is 5.56 Å². The first-order valence-corrected chi connectivity index (χ1v) is 23.8. The van der Waals surface area contributed by atoms with E-state index in [1.54, 1.807) is 33.3 Å². The van der Waals surface area contributed by atoms with E-state index in [2.05, 4.69) is 10.6 Å². The highest BCUT2D eigenvalue weighted by molar-refractivity contribution is 7.98. The van der Waals surface area contributed by atoms with Crippen LogP contribution in [-0.4, -0.2) is 119 Å². The van der Waals surface area contributed by atoms with Gasteiger partial charge in [0.1, 0.15) is 37.4 Å². The van der Waals surface area contributed by atoms with Gasteiger partial charge < -0.3 is 29.9 Å². The van der Waals surface area contributed by atoms with Crippen molar-refractivity contribution in [3.05, 3.63) is 144 Å². The van der Waals surface area contributed by atoms with Gasteiger partial charge in [-0.2, -0.15) is 23.5 Å². The summed E-state index contributed by atoms with van der Waals surface area (Å²) in [7, 11) is 0. The second-order valence-electron chi connectivity index (χ2n) is 16.1. The van der Waals surface area contributed by atoms with Crippen molar-refractivity contribution in [2.45, 2.75) is 80.0 Å². The number of amides is 4. The van der Waals surface area contributed by atoms with E-state index in [0.29, 0.717) is 50.3 Å². The zero-order chi connectivity index (χ0) is 44.0. The second-order valence-corrected chi connectivity index (χ2v) is 18.1. The average molecular weight is 891 g/mol. The quantitative estimate of drug-likeness (QED) is 0.151. The first-order chi connectivity index (χ1) is 30.7. The Morgan fingerprint density at radius 2 is 0.952 bits per heavy atom. The lowest BCUT2D eigenvalue weighted by Crippen LogP contribution is -2.53. The minimum absolute atomic E-state index is 0.0491. The number of carbonyl (C=O) groups excluding carboxylic acids is 6. The largest absolute Gasteiger partial charge is 0.368 e. The molecule has 4 aliphatic rings. The number of hydrogen-bond donors (Lipinski definition) is 2. The molecule has 0 spiro atoms. The van der Waals surface area contributed by atoms with Crippen molar-refractivity contribution in [1.82, 2.24) is 20.4 Å². The number of ketones is 2. The van der Waals surface area contributed by atoms with Crippen LogP contribution in [0.4, 0.5) is 0 Å². The topological polar surface area (TPSA) is 151 Å². The van der Waals surface area contributed by atoms with Crippen molar-refractivity contribution in [1.29, 1.82) is 0 Å². The van der Waals surface area contributed by atoms with Crippen molar-refractivity contribution >= 4 is 58.7 Å². The molecular formula is C49H54N4O8S2. The Hall–Kier alpha value is -5.28. The van der Waals surface area contributed by atoms with Crippen LogP contribution in [0.3, 0.4) is 0 Å². The van der Waals surface area contributed by atoms with Crippen LogP contribution in [0.5, 0.6) is 0 Å². The molecule has 4 aromatic carbocycles. The molecule has 4 fully saturated rings. The van der Waals surface area contributed by atoms with Gasteiger partial charge in [-0.1, -0.05) is 121 Å². The van der Waals surface area contributed by atoms with Crippen LogP contribution in [0.25, 0.3) is 0 Å². The van der Waals surface area contributed by atoms with Crippen LogP contribution >= 0.6 is 23.5 Å². The van der Waals surface area contributed by atoms with Crippen molar-refractivity contribution in [2.75, 3.05) is 37.8 Å². The summed E-state index contributed by atoms with van der Waals surface area (Å²) < 4.78 is 11.0. The Kier molecular flexibility index (Phi) is 16.6. The maximum atomic E-state index is 13.4. The van der Waals surface area contributed by atoms with Crippen molar-refractivity contribution < 1.29 is 38.2 Å². The molecule has 4 saturated heterocycles. The molecule has 4 heterocycles. The number of nitrogens with zero attached hydrogens (tertiary/aromatic N) is 2. The van der Waals surface area contributed by atoms with Crippen LogP contribution < -0.4 is 10.6 Å². The molecule has 0 radical (unpaired) electrons. The minimum Gasteiger partial charge on any atom is -0.368 e. The summed E-state index contributed by atoms with van der Waals surface area (Å²) >= 11 is 3.20. The molecule has 2 N–H and O–H groups in total. The summed E-state index contributed by atoms with van der Waals surface area (Å²) in [6.07, 6.45) is 2.03. The van der Waals surface area contributed by atoms with Crippen molar-refractivity contribution in [2.24, 2.45) is 0 Å². The van der Waals surface area contributed by atoms with Gasteiger partial charge in [0.2, 0.25) is 23.6 Å². The lowest BCUT2D eigenvalue weighted by molar-refractivity contribution is -0.139. The third-order valence-corrected chi connectivity index (χ3v) is 13.8. The molecule has 0 bridgehead atoms. The molecule has 0 saturated carbocycles. The molecule has 63 heavy (non-hydrogen) atoms. The molecule has 330 valence electrons. The Bertz CT molecular complexity index is 2170. The van der Waals surface area contributed by atoms with E-state index in [0.717, 1.165) is 28.2 Å². The highest BCUT2D eigenvalue weighted by Gasteiger charge is 2.49. The van der Waals surface area contributed by atoms with E-state index in [-0.39, 0.29) is 67.0 Å². The molecule has 4 aromatic rings. The standard InChI is InChI=1S/C25H28N2O4S.C24H26N2O4S/c28-21-15-31-22-13-14-27(24(21)22)25(30)20(17-32-16-19-9-5-2-6-10-19)26-23(29)12-11-18-7-3-1-4-8-18;27-20-14-30-21-11-12-26(23(20)21)24(29)19(16-31-15-18-9-5-2-6-10-18)25-22(28)13-17-7-3-1-4-8-17/h1-10,20,22,24H,11-17H2,(H,26,29);1-10,19,21,23H,11-16H2,(H,25,28). The van der Waals surface area contributed by atoms with Crippen molar-refractivity contribution in [3.63, 3.8) is 0 Å². The number of rotatable bonds is 17. The Morgan fingerprint density at radius 3 is 1.40 bits per heavy atom. The predicted octanol–water partition coefficient (Wildman–Crippen LogP) is 4.82. The number of thioether (sulfide) groups is 2. The molecule has 0 aromatic heterocycles. The average Bonchev–Trinajstić information content (AvgIpc) is 4.11. The molecule has 4 aliphatic heterocycles. The maximum absolute atomic E-state index is 13.4. The fourth-order valence-corrected chi connectivity index (χ4v) is 10.4. The number of carbonyl (C=O) groups is 6. The summed E-state index contributed by atoms with van der Waals surface area (Å²) in [6, 6.07) is 36.9. The molecule has 0 aliphatic carbocycles. The summed E-state index contributed by atoms with van der Waals surface area (Å²) in [5.74, 6) is 1.54. The van der Waals surface area contributed by atoms with E-state index in [1.807, 2.05) is 121 Å². The summed E-state index contributed by atoms with van der Waals surface area (Å²) in [6.45, 7) is 1.09. The SMILES string of the molecule is O=C(CCc1ccccc1)NC(CSCc1ccccc1)C(=O)N1CCC2OCC(=O)C21.O=C(Cc1ccccc1)NC(CSCc1ccccc1)C(=O)N1CCC2OCC(=O)C21. The Labute approximate surface area is 377 Å². The zero-order valence-corrected chi connectivity index (χ0v) is 36.8. The lowest BCUT2D eigenvalue weighted by atomic mass is 10.1. The number of benzene rings is 4. The van der Waals surface area contributed by atoms with Crippen LogP contribution in [0.2, 0.25) is 0 Å². The van der Waals surface area contributed by atoms with Gasteiger partial charge in [-0.15, -0.1) is 0 Å². The van der Waals surface area contributed by atoms with Crippen LogP contribution in [0.1, 0.15) is 41.5 Å². The first kappa shape index (κ1) is 45.7. The zero-order valence-electron chi connectivity index (χ0n) is 35.2. The van der Waals surface area contributed by atoms with Crippen LogP contribution in [0, 0.1) is 0 Å². The normalized spacial score (nSPS) is 20.9. The minimum atomic E-state index is -0.683. The Morgan fingerprint density at radius 1 is 0.556 bits per heavy atom. The van der Waals surface area contributed by atoms with Gasteiger partial charge >= 0.3 is 0 Å². The highest BCUT2D eigenvalue weighted by Crippen LogP contribution is 2.29. The summed E-state index contributed by atoms with van der Waals surface area (Å²) in [5.41, 5.74) is 4.30. The fourth-order valence-electron chi connectivity index (χ4n) is 8.37. The lowest BCUT2D eigenvalue weighted by Gasteiger charge is -2.27. The number of likely N-dealkylation sites (tertiary alicyclic amines) is 2. The number of nitrogens with one attached hydrogen (secondary N) is 2.